The smallest absolute Gasteiger partial charge is 0.0506 e. The van der Waals surface area contributed by atoms with Crippen LogP contribution in [0.4, 0.5) is 25.2 Å². The molecule has 0 radical (unpaired) electrons. The Labute approximate surface area is 76.8 Å². The summed E-state index contributed by atoms with van der Waals surface area (Å²) in [6.07, 6.45) is 14.0. The van der Waals surface area contributed by atoms with E-state index in [1.54, 1.807) is 0 Å². The Morgan fingerprint density at radius 2 is 1.36 bits per heavy atom. The molecule has 0 aromatic heterocycles. The molecule has 0 heterocycles. The standard InChI is InChI=1S/C7H7.F6P/c1-2-4-6-7-5-3-1;1-7(2,3,4,5)6/h1-5H,6H2;/q+1;-1. The second kappa shape index (κ2) is 3.37. The van der Waals surface area contributed by atoms with Crippen LogP contribution in [0, 0.1) is 6.08 Å². The zero-order valence-corrected chi connectivity index (χ0v) is 7.70. The molecule has 0 saturated carbocycles. The summed E-state index contributed by atoms with van der Waals surface area (Å²) in [6.45, 7) is 0. The molecular formula is C7H7F6P. The van der Waals surface area contributed by atoms with Crippen molar-refractivity contribution < 1.29 is 25.2 Å². The molecular weight excluding hydrogens is 229 g/mol. The van der Waals surface area contributed by atoms with Crippen molar-refractivity contribution in [2.45, 2.75) is 6.42 Å². The van der Waals surface area contributed by atoms with Gasteiger partial charge in [-0.1, -0.05) is 6.08 Å². The number of rotatable bonds is 0. The topological polar surface area (TPSA) is 0 Å². The molecule has 82 valence electrons. The molecule has 0 saturated heterocycles. The Morgan fingerprint density at radius 1 is 0.857 bits per heavy atom. The van der Waals surface area contributed by atoms with Gasteiger partial charge in [-0.3, -0.25) is 0 Å². The maximum absolute atomic E-state index is 10.7. The van der Waals surface area contributed by atoms with Gasteiger partial charge in [0.2, 0.25) is 0 Å². The van der Waals surface area contributed by atoms with Crippen molar-refractivity contribution in [3.8, 4) is 0 Å². The normalized spacial score (nSPS) is 19.6. The molecule has 0 amide bonds. The molecule has 0 aromatic rings. The molecule has 0 unspecified atom stereocenters. The molecule has 1 aliphatic carbocycles. The fraction of sp³-hybridized carbons (Fsp3) is 0.143. The average molecular weight is 236 g/mol. The summed E-state index contributed by atoms with van der Waals surface area (Å²) in [5, 5.41) is 0. The SMILES string of the molecule is F[P-](F)(F)(F)(F)F.[C+]1=CC=CC=CC1. The van der Waals surface area contributed by atoms with E-state index in [2.05, 4.69) is 12.2 Å². The Kier molecular flexibility index (Phi) is 3.16. The maximum Gasteiger partial charge on any atom is 0.155 e. The van der Waals surface area contributed by atoms with Crippen LogP contribution >= 0.6 is 7.81 Å². The first kappa shape index (κ1) is 13.1. The quantitative estimate of drug-likeness (QED) is 0.306. The zero-order chi connectivity index (χ0) is 11.4. The average Bonchev–Trinajstić information content (AvgIpc) is 2.06. The van der Waals surface area contributed by atoms with Gasteiger partial charge < -0.3 is 0 Å². The fourth-order valence-electron chi connectivity index (χ4n) is 0.470. The van der Waals surface area contributed by atoms with Gasteiger partial charge in [-0.05, 0) is 6.08 Å². The predicted molar refractivity (Wildman–Crippen MR) is 44.3 cm³/mol. The van der Waals surface area contributed by atoms with E-state index in [0.29, 0.717) is 0 Å². The summed E-state index contributed by atoms with van der Waals surface area (Å²) in [6, 6.07) is 0. The molecule has 0 spiro atoms. The van der Waals surface area contributed by atoms with Crippen LogP contribution in [0.1, 0.15) is 6.42 Å². The first-order valence-electron chi connectivity index (χ1n) is 3.40. The minimum absolute atomic E-state index is 0.951. The second-order valence-corrected chi connectivity index (χ2v) is 4.26. The van der Waals surface area contributed by atoms with Gasteiger partial charge in [-0.25, -0.2) is 0 Å². The molecule has 14 heavy (non-hydrogen) atoms. The van der Waals surface area contributed by atoms with E-state index in [1.165, 1.54) is 0 Å². The third kappa shape index (κ3) is 30.4. The van der Waals surface area contributed by atoms with Crippen molar-refractivity contribution in [3.05, 3.63) is 36.5 Å². The Morgan fingerprint density at radius 3 is 1.86 bits per heavy atom. The van der Waals surface area contributed by atoms with E-state index in [4.69, 9.17) is 0 Å². The van der Waals surface area contributed by atoms with Gasteiger partial charge in [-0.15, -0.1) is 0 Å². The van der Waals surface area contributed by atoms with Crippen molar-refractivity contribution >= 4 is 7.81 Å². The molecule has 0 N–H and O–H groups in total. The summed E-state index contributed by atoms with van der Waals surface area (Å²) in [7, 11) is -10.7. The van der Waals surface area contributed by atoms with Crippen LogP contribution in [-0.2, 0) is 0 Å². The molecule has 0 aliphatic heterocycles. The van der Waals surface area contributed by atoms with Gasteiger partial charge in [0, 0.05) is 6.08 Å². The third-order valence-corrected chi connectivity index (χ3v) is 0.808. The van der Waals surface area contributed by atoms with Crippen LogP contribution in [0.3, 0.4) is 0 Å². The van der Waals surface area contributed by atoms with E-state index in [-0.39, 0.29) is 0 Å². The Bertz CT molecular complexity index is 241. The van der Waals surface area contributed by atoms with Crippen molar-refractivity contribution in [3.63, 3.8) is 0 Å². The van der Waals surface area contributed by atoms with Crippen LogP contribution < -0.4 is 0 Å². The van der Waals surface area contributed by atoms with E-state index in [0.717, 1.165) is 6.42 Å². The molecule has 0 aromatic carbocycles. The summed E-state index contributed by atoms with van der Waals surface area (Å²) in [5.41, 5.74) is 0. The van der Waals surface area contributed by atoms with E-state index >= 15 is 0 Å². The molecule has 7 heteroatoms. The van der Waals surface area contributed by atoms with Crippen LogP contribution in [0.15, 0.2) is 30.4 Å². The van der Waals surface area contributed by atoms with Gasteiger partial charge in [0.15, 0.2) is 6.08 Å². The second-order valence-electron chi connectivity index (χ2n) is 2.35. The van der Waals surface area contributed by atoms with Crippen molar-refractivity contribution in [1.82, 2.24) is 0 Å². The van der Waals surface area contributed by atoms with Crippen molar-refractivity contribution in [2.75, 3.05) is 0 Å². The van der Waals surface area contributed by atoms with Gasteiger partial charge in [0.05, 0.1) is 12.2 Å². The predicted octanol–water partition coefficient (Wildman–Crippen LogP) is 5.24. The van der Waals surface area contributed by atoms with Crippen LogP contribution in [0.2, 0.25) is 0 Å². The van der Waals surface area contributed by atoms with Gasteiger partial charge >= 0.3 is 33.0 Å². The van der Waals surface area contributed by atoms with E-state index < -0.39 is 7.81 Å². The summed E-state index contributed by atoms with van der Waals surface area (Å²) in [4.78, 5) is 0. The zero-order valence-electron chi connectivity index (χ0n) is 6.81. The maximum atomic E-state index is 9.87. The van der Waals surface area contributed by atoms with Gasteiger partial charge in [0.1, 0.15) is 6.42 Å². The monoisotopic (exact) mass is 236 g/mol. The first-order valence-corrected chi connectivity index (χ1v) is 5.43. The number of hydrogen-bond donors (Lipinski definition) is 0. The molecule has 0 nitrogen and oxygen atoms in total. The van der Waals surface area contributed by atoms with Gasteiger partial charge in [-0.2, -0.15) is 0 Å². The van der Waals surface area contributed by atoms with Crippen molar-refractivity contribution in [1.29, 1.82) is 0 Å². The van der Waals surface area contributed by atoms with Crippen LogP contribution in [0.5, 0.6) is 0 Å². The van der Waals surface area contributed by atoms with Gasteiger partial charge in [0.25, 0.3) is 0 Å². The minimum atomic E-state index is -10.7. The summed E-state index contributed by atoms with van der Waals surface area (Å²) < 4.78 is 59.2. The fourth-order valence-corrected chi connectivity index (χ4v) is 0.470. The first-order chi connectivity index (χ1) is 5.95. The molecule has 1 aliphatic rings. The van der Waals surface area contributed by atoms with Crippen molar-refractivity contribution in [2.24, 2.45) is 0 Å². The number of hydrogen-bond acceptors (Lipinski definition) is 0. The summed E-state index contributed by atoms with van der Waals surface area (Å²) >= 11 is 0. The minimum Gasteiger partial charge on any atom is -0.0506 e. The number of halogens is 6. The molecule has 0 bridgehead atoms. The Hall–Kier alpha value is -0.860. The molecule has 0 atom stereocenters. The Balaban J connectivity index is 0.000000241. The summed E-state index contributed by atoms with van der Waals surface area (Å²) in [5.74, 6) is 0. The number of allylic oxidation sites excluding steroid dienone is 6. The van der Waals surface area contributed by atoms with Crippen LogP contribution in [0.25, 0.3) is 0 Å². The largest absolute Gasteiger partial charge is 0.155 e. The molecule has 1 rings (SSSR count). The third-order valence-electron chi connectivity index (χ3n) is 0.808. The van der Waals surface area contributed by atoms with E-state index in [9.17, 15) is 25.2 Å². The molecule has 0 fully saturated rings. The van der Waals surface area contributed by atoms with E-state index in [1.807, 2.05) is 24.3 Å². The van der Waals surface area contributed by atoms with Crippen LogP contribution in [-0.4, -0.2) is 0 Å².